The van der Waals surface area contributed by atoms with Gasteiger partial charge in [0.05, 0.1) is 0 Å². The van der Waals surface area contributed by atoms with Crippen LogP contribution >= 0.6 is 15.9 Å². The highest BCUT2D eigenvalue weighted by Crippen LogP contribution is 2.42. The van der Waals surface area contributed by atoms with Crippen LogP contribution in [0.1, 0.15) is 51.4 Å². The zero-order valence-corrected chi connectivity index (χ0v) is 12.6. The van der Waals surface area contributed by atoms with Crippen LogP contribution in [0.25, 0.3) is 0 Å². The number of alkyl halides is 1. The molecule has 0 spiro atoms. The molecule has 0 heterocycles. The van der Waals surface area contributed by atoms with Crippen molar-refractivity contribution in [1.29, 1.82) is 0 Å². The Morgan fingerprint density at radius 2 is 1.47 bits per heavy atom. The van der Waals surface area contributed by atoms with Crippen LogP contribution in [0.2, 0.25) is 0 Å². The number of rotatable bonds is 7. The Morgan fingerprint density at radius 3 is 1.88 bits per heavy atom. The van der Waals surface area contributed by atoms with Crippen LogP contribution in [0.5, 0.6) is 0 Å². The van der Waals surface area contributed by atoms with Gasteiger partial charge >= 0.3 is 0 Å². The molecule has 3 fully saturated rings. The van der Waals surface area contributed by atoms with E-state index < -0.39 is 0 Å². The predicted octanol–water partition coefficient (Wildman–Crippen LogP) is 4.06. The average molecular weight is 300 g/mol. The standard InChI is InChI=1S/C15H26BrN/c16-11-15(7-1-2-8-15)12-17(9-13-3-4-13)10-14-5-6-14/h13-14H,1-12H2. The van der Waals surface area contributed by atoms with Gasteiger partial charge < -0.3 is 4.90 Å². The van der Waals surface area contributed by atoms with E-state index >= 15 is 0 Å². The van der Waals surface area contributed by atoms with E-state index in [1.54, 1.807) is 0 Å². The monoisotopic (exact) mass is 299 g/mol. The Bertz CT molecular complexity index is 238. The molecule has 0 radical (unpaired) electrons. The molecule has 3 rings (SSSR count). The molecule has 0 amide bonds. The lowest BCUT2D eigenvalue weighted by Crippen LogP contribution is -2.39. The first-order chi connectivity index (χ1) is 8.30. The zero-order valence-electron chi connectivity index (χ0n) is 11.0. The average Bonchev–Trinajstić information content (AvgIpc) is 3.23. The fourth-order valence-corrected chi connectivity index (χ4v) is 4.21. The minimum Gasteiger partial charge on any atom is -0.302 e. The van der Waals surface area contributed by atoms with Crippen LogP contribution in [0, 0.1) is 17.3 Å². The summed E-state index contributed by atoms with van der Waals surface area (Å²) in [6.45, 7) is 4.20. The highest BCUT2D eigenvalue weighted by atomic mass is 79.9. The molecule has 17 heavy (non-hydrogen) atoms. The summed E-state index contributed by atoms with van der Waals surface area (Å²) in [5.41, 5.74) is 0.629. The quantitative estimate of drug-likeness (QED) is 0.641. The van der Waals surface area contributed by atoms with Gasteiger partial charge in [-0.05, 0) is 55.8 Å². The Labute approximate surface area is 114 Å². The van der Waals surface area contributed by atoms with Crippen molar-refractivity contribution < 1.29 is 0 Å². The maximum absolute atomic E-state index is 3.80. The molecule has 0 aliphatic heterocycles. The molecule has 0 aromatic rings. The SMILES string of the molecule is BrCC1(CN(CC2CC2)CC2CC2)CCCC1. The molecular formula is C15H26BrN. The summed E-state index contributed by atoms with van der Waals surface area (Å²) < 4.78 is 0. The normalized spacial score (nSPS) is 27.9. The summed E-state index contributed by atoms with van der Waals surface area (Å²) in [5, 5.41) is 1.23. The van der Waals surface area contributed by atoms with E-state index in [2.05, 4.69) is 20.8 Å². The van der Waals surface area contributed by atoms with Crippen molar-refractivity contribution in [2.45, 2.75) is 51.4 Å². The molecule has 2 heteroatoms. The van der Waals surface area contributed by atoms with Gasteiger partial charge in [0.2, 0.25) is 0 Å². The zero-order chi connectivity index (χ0) is 11.7. The highest BCUT2D eigenvalue weighted by Gasteiger charge is 2.37. The molecule has 98 valence electrons. The van der Waals surface area contributed by atoms with Crippen molar-refractivity contribution in [1.82, 2.24) is 4.90 Å². The summed E-state index contributed by atoms with van der Waals surface area (Å²) in [6.07, 6.45) is 11.9. The minimum atomic E-state index is 0.629. The van der Waals surface area contributed by atoms with Crippen LogP contribution in [0.3, 0.4) is 0 Å². The van der Waals surface area contributed by atoms with Crippen molar-refractivity contribution >= 4 is 15.9 Å². The highest BCUT2D eigenvalue weighted by molar-refractivity contribution is 9.09. The van der Waals surface area contributed by atoms with E-state index in [1.807, 2.05) is 0 Å². The van der Waals surface area contributed by atoms with E-state index in [4.69, 9.17) is 0 Å². The maximum Gasteiger partial charge on any atom is 0.0100 e. The molecule has 0 N–H and O–H groups in total. The van der Waals surface area contributed by atoms with Crippen LogP contribution in [0.4, 0.5) is 0 Å². The first-order valence-corrected chi connectivity index (χ1v) is 8.70. The van der Waals surface area contributed by atoms with Gasteiger partial charge in [-0.1, -0.05) is 28.8 Å². The van der Waals surface area contributed by atoms with Gasteiger partial charge in [0, 0.05) is 25.0 Å². The van der Waals surface area contributed by atoms with Crippen molar-refractivity contribution in [3.05, 3.63) is 0 Å². The Morgan fingerprint density at radius 1 is 0.941 bits per heavy atom. The summed E-state index contributed by atoms with van der Waals surface area (Å²) in [6, 6.07) is 0. The Balaban J connectivity index is 1.56. The van der Waals surface area contributed by atoms with Crippen LogP contribution in [-0.4, -0.2) is 29.9 Å². The van der Waals surface area contributed by atoms with E-state index in [1.165, 1.54) is 76.3 Å². The van der Waals surface area contributed by atoms with Gasteiger partial charge in [0.15, 0.2) is 0 Å². The fraction of sp³-hybridized carbons (Fsp3) is 1.00. The molecular weight excluding hydrogens is 274 g/mol. The molecule has 0 aromatic carbocycles. The first kappa shape index (κ1) is 12.5. The van der Waals surface area contributed by atoms with Gasteiger partial charge in [0.25, 0.3) is 0 Å². The molecule has 0 atom stereocenters. The number of hydrogen-bond donors (Lipinski definition) is 0. The number of hydrogen-bond acceptors (Lipinski definition) is 1. The Hall–Kier alpha value is 0.440. The second-order valence-corrected chi connectivity index (χ2v) is 7.48. The molecule has 1 nitrogen and oxygen atoms in total. The third-order valence-electron chi connectivity index (χ3n) is 4.93. The molecule has 0 bridgehead atoms. The smallest absolute Gasteiger partial charge is 0.0100 e. The largest absolute Gasteiger partial charge is 0.302 e. The summed E-state index contributed by atoms with van der Waals surface area (Å²) in [7, 11) is 0. The van der Waals surface area contributed by atoms with Crippen molar-refractivity contribution in [3.63, 3.8) is 0 Å². The second kappa shape index (κ2) is 5.21. The van der Waals surface area contributed by atoms with Gasteiger partial charge in [-0.3, -0.25) is 0 Å². The Kier molecular flexibility index (Phi) is 3.82. The van der Waals surface area contributed by atoms with E-state index in [-0.39, 0.29) is 0 Å². The van der Waals surface area contributed by atoms with Crippen LogP contribution in [0.15, 0.2) is 0 Å². The van der Waals surface area contributed by atoms with E-state index in [0.29, 0.717) is 5.41 Å². The second-order valence-electron chi connectivity index (χ2n) is 6.92. The van der Waals surface area contributed by atoms with Crippen molar-refractivity contribution in [2.24, 2.45) is 17.3 Å². The molecule has 0 aromatic heterocycles. The van der Waals surface area contributed by atoms with Crippen LogP contribution in [-0.2, 0) is 0 Å². The van der Waals surface area contributed by atoms with Gasteiger partial charge in [-0.15, -0.1) is 0 Å². The summed E-state index contributed by atoms with van der Waals surface area (Å²) in [4.78, 5) is 2.84. The lowest BCUT2D eigenvalue weighted by Gasteiger charge is -2.34. The van der Waals surface area contributed by atoms with Gasteiger partial charge in [-0.25, -0.2) is 0 Å². The van der Waals surface area contributed by atoms with Crippen LogP contribution < -0.4 is 0 Å². The lowest BCUT2D eigenvalue weighted by atomic mass is 9.88. The maximum atomic E-state index is 3.80. The minimum absolute atomic E-state index is 0.629. The lowest BCUT2D eigenvalue weighted by molar-refractivity contribution is 0.160. The third kappa shape index (κ3) is 3.47. The third-order valence-corrected chi connectivity index (χ3v) is 6.12. The summed E-state index contributed by atoms with van der Waals surface area (Å²) in [5.74, 6) is 2.12. The molecule has 0 unspecified atom stereocenters. The van der Waals surface area contributed by atoms with E-state index in [9.17, 15) is 0 Å². The number of halogens is 1. The predicted molar refractivity (Wildman–Crippen MR) is 76.6 cm³/mol. The number of nitrogens with zero attached hydrogens (tertiary/aromatic N) is 1. The molecule has 3 aliphatic carbocycles. The van der Waals surface area contributed by atoms with Crippen molar-refractivity contribution in [3.8, 4) is 0 Å². The molecule has 3 saturated carbocycles. The van der Waals surface area contributed by atoms with Crippen molar-refractivity contribution in [2.75, 3.05) is 25.0 Å². The molecule has 0 saturated heterocycles. The topological polar surface area (TPSA) is 3.24 Å². The summed E-state index contributed by atoms with van der Waals surface area (Å²) >= 11 is 3.80. The van der Waals surface area contributed by atoms with Gasteiger partial charge in [0.1, 0.15) is 0 Å². The fourth-order valence-electron chi connectivity index (χ4n) is 3.47. The van der Waals surface area contributed by atoms with E-state index in [0.717, 1.165) is 11.8 Å². The first-order valence-electron chi connectivity index (χ1n) is 7.58. The molecule has 3 aliphatic rings. The van der Waals surface area contributed by atoms with Gasteiger partial charge in [-0.2, -0.15) is 0 Å².